The molecule has 3 aromatic carbocycles. The minimum atomic E-state index is -0.632. The first-order valence-electron chi connectivity index (χ1n) is 10.9. The molecule has 0 bridgehead atoms. The minimum absolute atomic E-state index is 0.116. The van der Waals surface area contributed by atoms with E-state index < -0.39 is 11.9 Å². The van der Waals surface area contributed by atoms with E-state index in [1.807, 2.05) is 47.4 Å². The fraction of sp³-hybridized carbons (Fsp3) is 0.231. The van der Waals surface area contributed by atoms with E-state index in [0.29, 0.717) is 37.6 Å². The molecule has 1 atom stereocenters. The molecule has 4 rings (SSSR count). The molecule has 170 valence electrons. The molecule has 0 saturated carbocycles. The number of benzene rings is 3. The van der Waals surface area contributed by atoms with Gasteiger partial charge < -0.3 is 10.1 Å². The molecule has 1 saturated heterocycles. The van der Waals surface area contributed by atoms with Crippen molar-refractivity contribution < 1.29 is 18.8 Å². The average Bonchev–Trinajstić information content (AvgIpc) is 2.89. The van der Waals surface area contributed by atoms with Crippen LogP contribution in [-0.4, -0.2) is 49.1 Å². The van der Waals surface area contributed by atoms with Gasteiger partial charge in [0.05, 0.1) is 24.9 Å². The zero-order valence-electron chi connectivity index (χ0n) is 18.4. The summed E-state index contributed by atoms with van der Waals surface area (Å²) in [7, 11) is 0. The second kappa shape index (κ2) is 10.4. The third-order valence-corrected chi connectivity index (χ3v) is 5.75. The van der Waals surface area contributed by atoms with Crippen LogP contribution in [0.15, 0.2) is 78.9 Å². The van der Waals surface area contributed by atoms with Crippen molar-refractivity contribution in [2.45, 2.75) is 13.0 Å². The van der Waals surface area contributed by atoms with Crippen LogP contribution in [0.2, 0.25) is 0 Å². The highest BCUT2D eigenvalue weighted by Crippen LogP contribution is 2.22. The number of carbonyl (C=O) groups excluding carboxylic acids is 2. The van der Waals surface area contributed by atoms with Crippen LogP contribution in [0, 0.1) is 0 Å². The minimum Gasteiger partial charge on any atom is -0.379 e. The Bertz CT molecular complexity index is 1080. The van der Waals surface area contributed by atoms with E-state index in [2.05, 4.69) is 5.32 Å². The Morgan fingerprint density at radius 1 is 0.909 bits per heavy atom. The molecule has 1 aliphatic heterocycles. The molecular weight excluding hydrogens is 421 g/mol. The normalized spacial score (nSPS) is 15.0. The maximum absolute atomic E-state index is 14.7. The monoisotopic (exact) mass is 447 g/mol. The van der Waals surface area contributed by atoms with Crippen LogP contribution < -0.4 is 10.4 Å². The molecule has 7 heteroatoms. The van der Waals surface area contributed by atoms with Crippen LogP contribution in [0.5, 0.6) is 0 Å². The van der Waals surface area contributed by atoms with Gasteiger partial charge in [-0.25, -0.2) is 0 Å². The summed E-state index contributed by atoms with van der Waals surface area (Å²) in [5, 5.41) is 2.96. The molecule has 3 aromatic rings. The Labute approximate surface area is 192 Å². The van der Waals surface area contributed by atoms with E-state index in [4.69, 9.17) is 4.74 Å². The molecular formula is C26H26FN3O3. The molecule has 33 heavy (non-hydrogen) atoms. The van der Waals surface area contributed by atoms with Crippen molar-refractivity contribution in [1.29, 1.82) is 0 Å². The van der Waals surface area contributed by atoms with Gasteiger partial charge in [-0.2, -0.15) is 0 Å². The summed E-state index contributed by atoms with van der Waals surface area (Å²) in [5.41, 5.74) is 3.24. The number of nitrogens with one attached hydrogen (secondary N) is 1. The quantitative estimate of drug-likeness (QED) is 0.564. The van der Waals surface area contributed by atoms with Crippen molar-refractivity contribution in [2.24, 2.45) is 0 Å². The summed E-state index contributed by atoms with van der Waals surface area (Å²) in [5.74, 6) is -0.899. The second-order valence-corrected chi connectivity index (χ2v) is 7.89. The van der Waals surface area contributed by atoms with Gasteiger partial charge in [0.25, 0.3) is 11.8 Å². The number of rotatable bonds is 6. The van der Waals surface area contributed by atoms with Gasteiger partial charge in [0.15, 0.2) is 0 Å². The van der Waals surface area contributed by atoms with E-state index in [9.17, 15) is 14.1 Å². The number of hydrogen-bond acceptors (Lipinski definition) is 4. The fourth-order valence-corrected chi connectivity index (χ4v) is 3.74. The molecule has 1 aliphatic rings. The van der Waals surface area contributed by atoms with Gasteiger partial charge in [-0.3, -0.25) is 14.5 Å². The van der Waals surface area contributed by atoms with Gasteiger partial charge in [0.1, 0.15) is 0 Å². The Morgan fingerprint density at radius 2 is 1.52 bits per heavy atom. The van der Waals surface area contributed by atoms with Crippen molar-refractivity contribution in [1.82, 2.24) is 4.90 Å². The van der Waals surface area contributed by atoms with Gasteiger partial charge in [0, 0.05) is 24.3 Å². The van der Waals surface area contributed by atoms with Crippen LogP contribution in [0.3, 0.4) is 0 Å². The smallest absolute Gasteiger partial charge is 0.272 e. The standard InChI is InChI=1S/C26H26FN3O3/c1-19(29-15-17-33-18-16-29)26(32)30(27)24-13-11-23(12-14-24)28-25(31)22-9-7-21(8-10-22)20-5-3-2-4-6-20/h2-14,19H,15-18H2,1H3,(H,28,31)/t19-/m0/s1. The van der Waals surface area contributed by atoms with E-state index in [1.54, 1.807) is 31.2 Å². The third-order valence-electron chi connectivity index (χ3n) is 5.75. The molecule has 0 unspecified atom stereocenters. The molecule has 1 fully saturated rings. The zero-order valence-corrected chi connectivity index (χ0v) is 18.4. The SMILES string of the molecule is C[C@@H](C(=O)N(F)c1ccc(NC(=O)c2ccc(-c3ccccc3)cc2)cc1)N1CCOCC1. The Morgan fingerprint density at radius 3 is 2.15 bits per heavy atom. The summed E-state index contributed by atoms with van der Waals surface area (Å²) in [4.78, 5) is 27.0. The molecule has 6 nitrogen and oxygen atoms in total. The van der Waals surface area contributed by atoms with Gasteiger partial charge in [0.2, 0.25) is 0 Å². The van der Waals surface area contributed by atoms with Crippen LogP contribution in [0.25, 0.3) is 11.1 Å². The first kappa shape index (κ1) is 22.6. The lowest BCUT2D eigenvalue weighted by atomic mass is 10.0. The lowest BCUT2D eigenvalue weighted by Crippen LogP contribution is -2.49. The van der Waals surface area contributed by atoms with Gasteiger partial charge in [-0.15, -0.1) is 5.12 Å². The zero-order chi connectivity index (χ0) is 23.2. The van der Waals surface area contributed by atoms with E-state index in [0.717, 1.165) is 11.1 Å². The predicted molar refractivity (Wildman–Crippen MR) is 127 cm³/mol. The summed E-state index contributed by atoms with van der Waals surface area (Å²) in [6, 6.07) is 22.7. The molecule has 0 spiro atoms. The van der Waals surface area contributed by atoms with Gasteiger partial charge >= 0.3 is 0 Å². The number of carbonyl (C=O) groups is 2. The Kier molecular flexibility index (Phi) is 7.12. The highest BCUT2D eigenvalue weighted by molar-refractivity contribution is 6.04. The number of morpholine rings is 1. The van der Waals surface area contributed by atoms with Crippen LogP contribution in [0.4, 0.5) is 15.9 Å². The molecule has 1 N–H and O–H groups in total. The lowest BCUT2D eigenvalue weighted by Gasteiger charge is -2.32. The van der Waals surface area contributed by atoms with Crippen molar-refractivity contribution in [3.63, 3.8) is 0 Å². The average molecular weight is 448 g/mol. The molecule has 0 aromatic heterocycles. The summed E-state index contributed by atoms with van der Waals surface area (Å²) in [6.45, 7) is 3.95. The largest absolute Gasteiger partial charge is 0.379 e. The first-order valence-corrected chi connectivity index (χ1v) is 10.9. The molecule has 0 aliphatic carbocycles. The molecule has 1 heterocycles. The van der Waals surface area contributed by atoms with Crippen LogP contribution in [-0.2, 0) is 9.53 Å². The summed E-state index contributed by atoms with van der Waals surface area (Å²) in [6.07, 6.45) is 0. The topological polar surface area (TPSA) is 61.9 Å². The number of nitrogens with zero attached hydrogens (tertiary/aromatic N) is 2. The number of anilines is 2. The lowest BCUT2D eigenvalue weighted by molar-refractivity contribution is -0.127. The number of amides is 2. The van der Waals surface area contributed by atoms with Gasteiger partial charge in [-0.05, 0) is 54.4 Å². The van der Waals surface area contributed by atoms with Crippen LogP contribution in [0.1, 0.15) is 17.3 Å². The summed E-state index contributed by atoms with van der Waals surface area (Å²) < 4.78 is 20.0. The molecule has 0 radical (unpaired) electrons. The maximum atomic E-state index is 14.7. The van der Waals surface area contributed by atoms with E-state index in [1.165, 1.54) is 12.1 Å². The number of ether oxygens (including phenoxy) is 1. The van der Waals surface area contributed by atoms with Crippen molar-refractivity contribution in [2.75, 3.05) is 36.7 Å². The highest BCUT2D eigenvalue weighted by Gasteiger charge is 2.28. The Hall–Kier alpha value is -3.55. The van der Waals surface area contributed by atoms with Crippen molar-refractivity contribution in [3.05, 3.63) is 84.4 Å². The predicted octanol–water partition coefficient (Wildman–Crippen LogP) is 4.54. The van der Waals surface area contributed by atoms with E-state index >= 15 is 0 Å². The number of hydrogen-bond donors (Lipinski definition) is 1. The fourth-order valence-electron chi connectivity index (χ4n) is 3.74. The maximum Gasteiger partial charge on any atom is 0.272 e. The Balaban J connectivity index is 1.36. The first-order chi connectivity index (χ1) is 16.0. The number of halogens is 1. The van der Waals surface area contributed by atoms with Crippen LogP contribution >= 0.6 is 0 Å². The van der Waals surface area contributed by atoms with Crippen molar-refractivity contribution >= 4 is 23.2 Å². The van der Waals surface area contributed by atoms with Gasteiger partial charge in [-0.1, -0.05) is 46.9 Å². The van der Waals surface area contributed by atoms with E-state index in [-0.39, 0.29) is 16.7 Å². The molecule has 2 amide bonds. The highest BCUT2D eigenvalue weighted by atomic mass is 19.2. The van der Waals surface area contributed by atoms with Crippen molar-refractivity contribution in [3.8, 4) is 11.1 Å². The third kappa shape index (κ3) is 5.45. The summed E-state index contributed by atoms with van der Waals surface area (Å²) >= 11 is 0. The second-order valence-electron chi connectivity index (χ2n) is 7.89.